The third-order valence-corrected chi connectivity index (χ3v) is 4.15. The highest BCUT2D eigenvalue weighted by atomic mass is 19.1. The summed E-state index contributed by atoms with van der Waals surface area (Å²) in [6.45, 7) is 6.82. The third kappa shape index (κ3) is 2.52. The molecule has 1 amide bonds. The Labute approximate surface area is 130 Å². The van der Waals surface area contributed by atoms with Crippen LogP contribution in [-0.2, 0) is 6.54 Å². The highest BCUT2D eigenvalue weighted by Gasteiger charge is 2.39. The minimum atomic E-state index is -0.268. The smallest absolute Gasteiger partial charge is 0.255 e. The van der Waals surface area contributed by atoms with Crippen molar-refractivity contribution in [1.29, 1.82) is 0 Å². The van der Waals surface area contributed by atoms with E-state index in [1.54, 1.807) is 6.07 Å². The maximum atomic E-state index is 13.7. The lowest BCUT2D eigenvalue weighted by molar-refractivity contribution is 0.0537. The van der Waals surface area contributed by atoms with Gasteiger partial charge >= 0.3 is 0 Å². The van der Waals surface area contributed by atoms with Gasteiger partial charge in [-0.2, -0.15) is 0 Å². The Balaban J connectivity index is 2.04. The molecule has 2 nitrogen and oxygen atoms in total. The topological polar surface area (TPSA) is 20.3 Å². The number of halogens is 1. The monoisotopic (exact) mass is 297 g/mol. The van der Waals surface area contributed by atoms with Gasteiger partial charge in [-0.3, -0.25) is 4.79 Å². The summed E-state index contributed by atoms with van der Waals surface area (Å²) in [5.41, 5.74) is 2.45. The van der Waals surface area contributed by atoms with Gasteiger partial charge in [-0.05, 0) is 34.7 Å². The van der Waals surface area contributed by atoms with E-state index in [1.165, 1.54) is 12.1 Å². The molecule has 1 aliphatic rings. The summed E-state index contributed by atoms with van der Waals surface area (Å²) in [6.07, 6.45) is 0. The van der Waals surface area contributed by atoms with Crippen LogP contribution in [0.1, 0.15) is 48.3 Å². The second kappa shape index (κ2) is 5.24. The van der Waals surface area contributed by atoms with Crippen molar-refractivity contribution in [3.8, 4) is 0 Å². The van der Waals surface area contributed by atoms with Crippen LogP contribution in [0.4, 0.5) is 4.39 Å². The zero-order valence-corrected chi connectivity index (χ0v) is 13.1. The van der Waals surface area contributed by atoms with Crippen LogP contribution in [0.5, 0.6) is 0 Å². The summed E-state index contributed by atoms with van der Waals surface area (Å²) < 4.78 is 13.7. The first-order chi connectivity index (χ1) is 10.4. The van der Waals surface area contributed by atoms with Crippen molar-refractivity contribution in [2.24, 2.45) is 5.41 Å². The molecule has 2 aromatic rings. The van der Waals surface area contributed by atoms with Gasteiger partial charge in [0.1, 0.15) is 5.82 Å². The lowest BCUT2D eigenvalue weighted by Crippen LogP contribution is -2.37. The molecule has 0 fully saturated rings. The first-order valence-electron chi connectivity index (χ1n) is 7.52. The average molecular weight is 297 g/mol. The summed E-state index contributed by atoms with van der Waals surface area (Å²) in [4.78, 5) is 14.6. The largest absolute Gasteiger partial charge is 0.327 e. The van der Waals surface area contributed by atoms with Gasteiger partial charge in [0.05, 0.1) is 6.04 Å². The number of rotatable bonds is 2. The van der Waals surface area contributed by atoms with E-state index in [-0.39, 0.29) is 23.2 Å². The Hall–Kier alpha value is -2.16. The Morgan fingerprint density at radius 3 is 2.45 bits per heavy atom. The molecular formula is C19H20FNO. The second-order valence-corrected chi connectivity index (χ2v) is 6.91. The predicted molar refractivity (Wildman–Crippen MR) is 84.9 cm³/mol. The number of nitrogens with zero attached hydrogens (tertiary/aromatic N) is 1. The molecule has 0 spiro atoms. The van der Waals surface area contributed by atoms with Gasteiger partial charge in [0, 0.05) is 12.1 Å². The number of hydrogen-bond acceptors (Lipinski definition) is 1. The van der Waals surface area contributed by atoms with Crippen LogP contribution in [0.3, 0.4) is 0 Å². The van der Waals surface area contributed by atoms with Crippen molar-refractivity contribution in [2.45, 2.75) is 33.4 Å². The number of hydrogen-bond donors (Lipinski definition) is 0. The van der Waals surface area contributed by atoms with E-state index in [1.807, 2.05) is 35.2 Å². The van der Waals surface area contributed by atoms with Crippen LogP contribution in [0.2, 0.25) is 0 Å². The lowest BCUT2D eigenvalue weighted by atomic mass is 9.81. The zero-order valence-electron chi connectivity index (χ0n) is 13.1. The van der Waals surface area contributed by atoms with Crippen LogP contribution >= 0.6 is 0 Å². The SMILES string of the molecule is CC(C)(C)C(c1cccc(F)c1)N1Cc2ccccc2C1=O. The molecule has 3 rings (SSSR count). The first kappa shape index (κ1) is 14.8. The number of amides is 1. The van der Waals surface area contributed by atoms with E-state index in [0.29, 0.717) is 6.54 Å². The standard InChI is InChI=1S/C19H20FNO/c1-19(2,3)17(13-8-6-9-15(20)11-13)21-12-14-7-4-5-10-16(14)18(21)22/h4-11,17H,12H2,1-3H3. The van der Waals surface area contributed by atoms with Crippen molar-refractivity contribution in [3.05, 3.63) is 71.0 Å². The molecule has 22 heavy (non-hydrogen) atoms. The van der Waals surface area contributed by atoms with Gasteiger partial charge in [-0.25, -0.2) is 4.39 Å². The molecule has 3 heteroatoms. The van der Waals surface area contributed by atoms with Crippen LogP contribution in [0.15, 0.2) is 48.5 Å². The quantitative estimate of drug-likeness (QED) is 0.795. The van der Waals surface area contributed by atoms with Crippen molar-refractivity contribution in [3.63, 3.8) is 0 Å². The highest BCUT2D eigenvalue weighted by molar-refractivity contribution is 5.98. The van der Waals surface area contributed by atoms with E-state index in [4.69, 9.17) is 0 Å². The van der Waals surface area contributed by atoms with Gasteiger partial charge in [0.2, 0.25) is 0 Å². The highest BCUT2D eigenvalue weighted by Crippen LogP contribution is 2.42. The maximum absolute atomic E-state index is 13.7. The van der Waals surface area contributed by atoms with Gasteiger partial charge in [0.15, 0.2) is 0 Å². The average Bonchev–Trinajstić information content (AvgIpc) is 2.75. The predicted octanol–water partition coefficient (Wildman–Crippen LogP) is 4.57. The fourth-order valence-electron chi connectivity index (χ4n) is 3.31. The molecule has 0 N–H and O–H groups in total. The Bertz CT molecular complexity index is 717. The first-order valence-corrected chi connectivity index (χ1v) is 7.52. The summed E-state index contributed by atoms with van der Waals surface area (Å²) >= 11 is 0. The Morgan fingerprint density at radius 1 is 1.09 bits per heavy atom. The Morgan fingerprint density at radius 2 is 1.82 bits per heavy atom. The number of carbonyl (C=O) groups excluding carboxylic acids is 1. The molecule has 0 saturated carbocycles. The fourth-order valence-corrected chi connectivity index (χ4v) is 3.31. The van der Waals surface area contributed by atoms with Gasteiger partial charge in [-0.1, -0.05) is 51.1 Å². The summed E-state index contributed by atoms with van der Waals surface area (Å²) in [5.74, 6) is -0.240. The molecule has 0 bridgehead atoms. The summed E-state index contributed by atoms with van der Waals surface area (Å²) in [7, 11) is 0. The molecule has 1 atom stereocenters. The van der Waals surface area contributed by atoms with E-state index in [9.17, 15) is 9.18 Å². The molecule has 2 aromatic carbocycles. The molecule has 1 aliphatic heterocycles. The zero-order chi connectivity index (χ0) is 15.9. The number of fused-ring (bicyclic) bond motifs is 1. The minimum Gasteiger partial charge on any atom is -0.327 e. The third-order valence-electron chi connectivity index (χ3n) is 4.15. The molecule has 1 heterocycles. The molecule has 0 radical (unpaired) electrons. The van der Waals surface area contributed by atoms with E-state index < -0.39 is 0 Å². The Kier molecular flexibility index (Phi) is 3.51. The maximum Gasteiger partial charge on any atom is 0.255 e. The van der Waals surface area contributed by atoms with Crippen molar-refractivity contribution in [2.75, 3.05) is 0 Å². The minimum absolute atomic E-state index is 0.0276. The van der Waals surface area contributed by atoms with Crippen LogP contribution in [0.25, 0.3) is 0 Å². The molecule has 0 saturated heterocycles. The van der Waals surface area contributed by atoms with Crippen LogP contribution in [0, 0.1) is 11.2 Å². The molecule has 114 valence electrons. The normalized spacial score (nSPS) is 15.8. The molecule has 0 aliphatic carbocycles. The van der Waals surface area contributed by atoms with Gasteiger partial charge < -0.3 is 4.90 Å². The lowest BCUT2D eigenvalue weighted by Gasteiger charge is -2.38. The van der Waals surface area contributed by atoms with E-state index in [0.717, 1.165) is 16.7 Å². The fraction of sp³-hybridized carbons (Fsp3) is 0.316. The summed E-state index contributed by atoms with van der Waals surface area (Å²) in [6, 6.07) is 14.1. The van der Waals surface area contributed by atoms with Crippen molar-refractivity contribution in [1.82, 2.24) is 4.90 Å². The van der Waals surface area contributed by atoms with E-state index in [2.05, 4.69) is 20.8 Å². The van der Waals surface area contributed by atoms with Crippen molar-refractivity contribution >= 4 is 5.91 Å². The number of carbonyl (C=O) groups is 1. The molecule has 0 aromatic heterocycles. The molecule has 1 unspecified atom stereocenters. The summed E-state index contributed by atoms with van der Waals surface area (Å²) in [5, 5.41) is 0. The van der Waals surface area contributed by atoms with Crippen LogP contribution < -0.4 is 0 Å². The number of benzene rings is 2. The van der Waals surface area contributed by atoms with Gasteiger partial charge in [-0.15, -0.1) is 0 Å². The van der Waals surface area contributed by atoms with Gasteiger partial charge in [0.25, 0.3) is 5.91 Å². The van der Waals surface area contributed by atoms with Crippen molar-refractivity contribution < 1.29 is 9.18 Å². The van der Waals surface area contributed by atoms with E-state index >= 15 is 0 Å². The van der Waals surface area contributed by atoms with Crippen LogP contribution in [-0.4, -0.2) is 10.8 Å². The second-order valence-electron chi connectivity index (χ2n) is 6.91. The molecular weight excluding hydrogens is 277 g/mol.